The van der Waals surface area contributed by atoms with Gasteiger partial charge >= 0.3 is 0 Å². The van der Waals surface area contributed by atoms with Crippen molar-refractivity contribution in [1.29, 1.82) is 0 Å². The largest absolute Gasteiger partial charge is 0.379 e. The van der Waals surface area contributed by atoms with Crippen LogP contribution in [0.3, 0.4) is 0 Å². The van der Waals surface area contributed by atoms with Gasteiger partial charge in [-0.2, -0.15) is 0 Å². The van der Waals surface area contributed by atoms with Crippen molar-refractivity contribution in [3.05, 3.63) is 0 Å². The molecule has 0 amide bonds. The minimum atomic E-state index is 0.695. The third-order valence-corrected chi connectivity index (χ3v) is 7.03. The van der Waals surface area contributed by atoms with E-state index < -0.39 is 0 Å². The minimum Gasteiger partial charge on any atom is -0.379 e. The van der Waals surface area contributed by atoms with Gasteiger partial charge in [0, 0.05) is 13.2 Å². The summed E-state index contributed by atoms with van der Waals surface area (Å²) in [6, 6.07) is 0. The molecule has 0 spiro atoms. The van der Waals surface area contributed by atoms with Gasteiger partial charge in [-0.3, -0.25) is 0 Å². The predicted molar refractivity (Wildman–Crippen MR) is 155 cm³/mol. The lowest BCUT2D eigenvalue weighted by molar-refractivity contribution is 0.0132. The zero-order valence-corrected chi connectivity index (χ0v) is 24.4. The van der Waals surface area contributed by atoms with Gasteiger partial charge < -0.3 is 14.2 Å². The summed E-state index contributed by atoms with van der Waals surface area (Å²) in [6.45, 7) is 9.17. The van der Waals surface area contributed by atoms with Crippen LogP contribution < -0.4 is 0 Å². The molecular weight excluding hydrogens is 432 g/mol. The van der Waals surface area contributed by atoms with Crippen LogP contribution in [0.1, 0.15) is 168 Å². The SMILES string of the molecule is CCCCCCCCCCCCCCOCCOCCOCCCCCCCCCCCCCC. The van der Waals surface area contributed by atoms with Crippen LogP contribution in [0, 0.1) is 0 Å². The van der Waals surface area contributed by atoms with E-state index in [1.54, 1.807) is 0 Å². The molecular formula is C32H66O3. The summed E-state index contributed by atoms with van der Waals surface area (Å²) in [5.41, 5.74) is 0. The second-order valence-corrected chi connectivity index (χ2v) is 10.6. The van der Waals surface area contributed by atoms with E-state index in [9.17, 15) is 0 Å². The Kier molecular flexibility index (Phi) is 33.8. The Labute approximate surface area is 221 Å². The summed E-state index contributed by atoms with van der Waals surface area (Å²) in [7, 11) is 0. The zero-order chi connectivity index (χ0) is 25.3. The molecule has 0 bridgehead atoms. The fraction of sp³-hybridized carbons (Fsp3) is 1.00. The van der Waals surface area contributed by atoms with Gasteiger partial charge in [0.05, 0.1) is 26.4 Å². The maximum Gasteiger partial charge on any atom is 0.0701 e. The quantitative estimate of drug-likeness (QED) is 0.0863. The maximum absolute atomic E-state index is 5.69. The van der Waals surface area contributed by atoms with Crippen LogP contribution in [0.25, 0.3) is 0 Å². The lowest BCUT2D eigenvalue weighted by atomic mass is 10.1. The molecule has 0 N–H and O–H groups in total. The summed E-state index contributed by atoms with van der Waals surface area (Å²) in [5, 5.41) is 0. The molecule has 0 aromatic rings. The highest BCUT2D eigenvalue weighted by Gasteiger charge is 1.96. The van der Waals surface area contributed by atoms with Crippen molar-refractivity contribution in [1.82, 2.24) is 0 Å². The van der Waals surface area contributed by atoms with Gasteiger partial charge in [0.2, 0.25) is 0 Å². The summed E-state index contributed by atoms with van der Waals surface area (Å²) in [5.74, 6) is 0. The first-order valence-electron chi connectivity index (χ1n) is 16.1. The highest BCUT2D eigenvalue weighted by Crippen LogP contribution is 2.13. The maximum atomic E-state index is 5.69. The average molecular weight is 499 g/mol. The Balaban J connectivity index is 3.00. The van der Waals surface area contributed by atoms with Crippen LogP contribution in [0.15, 0.2) is 0 Å². The first-order chi connectivity index (χ1) is 17.4. The monoisotopic (exact) mass is 499 g/mol. The molecule has 35 heavy (non-hydrogen) atoms. The lowest BCUT2D eigenvalue weighted by Gasteiger charge is -2.07. The van der Waals surface area contributed by atoms with E-state index in [0.717, 1.165) is 26.4 Å². The second-order valence-electron chi connectivity index (χ2n) is 10.6. The molecule has 3 heteroatoms. The molecule has 0 aromatic carbocycles. The van der Waals surface area contributed by atoms with Crippen LogP contribution in [0.5, 0.6) is 0 Å². The lowest BCUT2D eigenvalue weighted by Crippen LogP contribution is -2.10. The van der Waals surface area contributed by atoms with Crippen LogP contribution >= 0.6 is 0 Å². The van der Waals surface area contributed by atoms with Crippen molar-refractivity contribution in [3.8, 4) is 0 Å². The first-order valence-corrected chi connectivity index (χ1v) is 16.1. The van der Waals surface area contributed by atoms with Crippen molar-refractivity contribution in [2.24, 2.45) is 0 Å². The standard InChI is InChI=1S/C32H66O3/c1-3-5-7-9-11-13-15-17-19-21-23-25-27-33-29-31-35-32-30-34-28-26-24-22-20-18-16-14-12-10-8-6-4-2/h3-32H2,1-2H3. The van der Waals surface area contributed by atoms with Gasteiger partial charge in [0.1, 0.15) is 0 Å². The molecule has 0 saturated heterocycles. The molecule has 0 aliphatic heterocycles. The van der Waals surface area contributed by atoms with E-state index in [4.69, 9.17) is 14.2 Å². The number of hydrogen-bond acceptors (Lipinski definition) is 3. The van der Waals surface area contributed by atoms with Crippen molar-refractivity contribution in [3.63, 3.8) is 0 Å². The van der Waals surface area contributed by atoms with E-state index in [1.165, 1.54) is 154 Å². The summed E-state index contributed by atoms with van der Waals surface area (Å²) >= 11 is 0. The Morgan fingerprint density at radius 1 is 0.229 bits per heavy atom. The van der Waals surface area contributed by atoms with Gasteiger partial charge in [-0.1, -0.05) is 155 Å². The molecule has 0 rings (SSSR count). The number of hydrogen-bond donors (Lipinski definition) is 0. The topological polar surface area (TPSA) is 27.7 Å². The first kappa shape index (κ1) is 34.9. The third-order valence-electron chi connectivity index (χ3n) is 7.03. The minimum absolute atomic E-state index is 0.695. The number of ether oxygens (including phenoxy) is 3. The molecule has 0 atom stereocenters. The van der Waals surface area contributed by atoms with Crippen LogP contribution in [0.4, 0.5) is 0 Å². The molecule has 0 radical (unpaired) electrons. The summed E-state index contributed by atoms with van der Waals surface area (Å²) in [6.07, 6.45) is 33.3. The van der Waals surface area contributed by atoms with Gasteiger partial charge in [0.15, 0.2) is 0 Å². The smallest absolute Gasteiger partial charge is 0.0701 e. The molecule has 0 aliphatic carbocycles. The summed E-state index contributed by atoms with van der Waals surface area (Å²) in [4.78, 5) is 0. The molecule has 0 aromatic heterocycles. The van der Waals surface area contributed by atoms with Gasteiger partial charge in [-0.25, -0.2) is 0 Å². The van der Waals surface area contributed by atoms with E-state index in [-0.39, 0.29) is 0 Å². The molecule has 0 heterocycles. The van der Waals surface area contributed by atoms with Gasteiger partial charge in [0.25, 0.3) is 0 Å². The van der Waals surface area contributed by atoms with Crippen LogP contribution in [0.2, 0.25) is 0 Å². The highest BCUT2D eigenvalue weighted by molar-refractivity contribution is 4.50. The molecule has 0 saturated carbocycles. The second kappa shape index (κ2) is 33.9. The van der Waals surface area contributed by atoms with Crippen molar-refractivity contribution < 1.29 is 14.2 Å². The predicted octanol–water partition coefficient (Wildman–Crippen LogP) is 10.4. The van der Waals surface area contributed by atoms with Crippen molar-refractivity contribution in [2.75, 3.05) is 39.6 Å². The fourth-order valence-corrected chi connectivity index (χ4v) is 4.63. The van der Waals surface area contributed by atoms with Gasteiger partial charge in [-0.15, -0.1) is 0 Å². The van der Waals surface area contributed by atoms with Crippen LogP contribution in [-0.4, -0.2) is 39.6 Å². The number of unbranched alkanes of at least 4 members (excludes halogenated alkanes) is 22. The van der Waals surface area contributed by atoms with E-state index in [0.29, 0.717) is 13.2 Å². The van der Waals surface area contributed by atoms with Crippen LogP contribution in [-0.2, 0) is 14.2 Å². The normalized spacial score (nSPS) is 11.5. The molecule has 212 valence electrons. The molecule has 0 unspecified atom stereocenters. The third kappa shape index (κ3) is 33.9. The molecule has 0 aliphatic rings. The number of rotatable bonds is 32. The van der Waals surface area contributed by atoms with Crippen molar-refractivity contribution in [2.45, 2.75) is 168 Å². The Hall–Kier alpha value is -0.120. The summed E-state index contributed by atoms with van der Waals surface area (Å²) < 4.78 is 17.0. The molecule has 0 fully saturated rings. The Morgan fingerprint density at radius 3 is 0.686 bits per heavy atom. The highest BCUT2D eigenvalue weighted by atomic mass is 16.5. The van der Waals surface area contributed by atoms with Crippen molar-refractivity contribution >= 4 is 0 Å². The van der Waals surface area contributed by atoms with E-state index in [1.807, 2.05) is 0 Å². The van der Waals surface area contributed by atoms with E-state index >= 15 is 0 Å². The zero-order valence-electron chi connectivity index (χ0n) is 24.4. The molecule has 3 nitrogen and oxygen atoms in total. The van der Waals surface area contributed by atoms with Gasteiger partial charge in [-0.05, 0) is 12.8 Å². The Bertz CT molecular complexity index is 316. The Morgan fingerprint density at radius 2 is 0.429 bits per heavy atom. The van der Waals surface area contributed by atoms with E-state index in [2.05, 4.69) is 13.8 Å². The fourth-order valence-electron chi connectivity index (χ4n) is 4.63. The average Bonchev–Trinajstić information content (AvgIpc) is 2.87.